The maximum atomic E-state index is 14.6. The minimum atomic E-state index is -0.306. The standard InChI is InChI=1S/C67H55FN12O3/c1-77(28-30-81-60-36-47(83-46-17-6-3-7-18-46)35-51-50-32-43(68)24-25-56(50)74-64(51)60)38-42-14-12-23-57-61(42)52-37-59-63(49-20-9-11-22-55(49)73-59)66(65(52)75-57)82-31-29-79-41-70-67(76-79)53-33-45(34-58-62(53)48-19-8-10-21-54(48)72-58)80(44-15-4-2-5-16-44)27-13-26-78-40-69-39-71-78/h2-12,14-25,32-37,39-41,72-75H,13,26-31,38H2,1H3. The lowest BCUT2D eigenvalue weighted by molar-refractivity contribution is 0.234. The number of aryl methyl sites for hydroxylation is 1. The van der Waals surface area contributed by atoms with Gasteiger partial charge in [0.2, 0.25) is 0 Å². The van der Waals surface area contributed by atoms with E-state index in [0.29, 0.717) is 55.9 Å². The van der Waals surface area contributed by atoms with Crippen molar-refractivity contribution in [2.24, 2.45) is 0 Å². The van der Waals surface area contributed by atoms with E-state index in [4.69, 9.17) is 24.3 Å². The first-order valence-corrected chi connectivity index (χ1v) is 27.9. The van der Waals surface area contributed by atoms with Gasteiger partial charge < -0.3 is 39.0 Å². The van der Waals surface area contributed by atoms with Crippen molar-refractivity contribution in [3.63, 3.8) is 0 Å². The van der Waals surface area contributed by atoms with Gasteiger partial charge in [0.05, 0.1) is 28.5 Å². The number of benzene rings is 9. The quantitative estimate of drug-likeness (QED) is 0.0618. The van der Waals surface area contributed by atoms with Gasteiger partial charge in [0, 0.05) is 114 Å². The summed E-state index contributed by atoms with van der Waals surface area (Å²) in [5.41, 5.74) is 11.9. The highest BCUT2D eigenvalue weighted by Gasteiger charge is 2.23. The number of nitrogens with one attached hydrogen (secondary N) is 4. The van der Waals surface area contributed by atoms with E-state index in [2.05, 4.69) is 156 Å². The van der Waals surface area contributed by atoms with Crippen molar-refractivity contribution in [1.29, 1.82) is 0 Å². The average molecular weight is 1100 g/mol. The Hall–Kier alpha value is -10.5. The first kappa shape index (κ1) is 49.6. The van der Waals surface area contributed by atoms with Crippen LogP contribution in [0.1, 0.15) is 12.0 Å². The van der Waals surface area contributed by atoms with Crippen LogP contribution < -0.4 is 19.1 Å². The van der Waals surface area contributed by atoms with E-state index < -0.39 is 0 Å². The topological polar surface area (TPSA) is 159 Å². The number of aromatic amines is 4. The van der Waals surface area contributed by atoms with E-state index in [-0.39, 0.29) is 5.82 Å². The van der Waals surface area contributed by atoms with Crippen molar-refractivity contribution in [3.8, 4) is 34.4 Å². The molecule has 0 unspecified atom stereocenters. The second kappa shape index (κ2) is 20.9. The van der Waals surface area contributed by atoms with E-state index in [1.54, 1.807) is 31.1 Å². The van der Waals surface area contributed by atoms with Crippen molar-refractivity contribution in [2.75, 3.05) is 38.3 Å². The fourth-order valence-corrected chi connectivity index (χ4v) is 12.0. The van der Waals surface area contributed by atoms with Gasteiger partial charge in [-0.2, -0.15) is 10.2 Å². The fraction of sp³-hybridized carbons (Fsp3) is 0.134. The summed E-state index contributed by atoms with van der Waals surface area (Å²) in [6.45, 7) is 3.95. The lowest BCUT2D eigenvalue weighted by atomic mass is 10.0. The van der Waals surface area contributed by atoms with Gasteiger partial charge in [0.15, 0.2) is 11.6 Å². The van der Waals surface area contributed by atoms with Gasteiger partial charge in [-0.05, 0) is 104 Å². The van der Waals surface area contributed by atoms with Gasteiger partial charge in [0.1, 0.15) is 55.3 Å². The second-order valence-corrected chi connectivity index (χ2v) is 21.1. The van der Waals surface area contributed by atoms with Crippen LogP contribution in [-0.4, -0.2) is 87.7 Å². The number of aromatic nitrogens is 10. The number of likely N-dealkylation sites (N-methyl/N-ethyl adjacent to an activating group) is 1. The molecule has 0 spiro atoms. The SMILES string of the molecule is CN(CCOc1cc(Oc2ccccc2)cc2c1[nH]c1ccc(F)cc12)Cc1cccc2[nH]c3c(OCCn4cnc(-c5cc(N(CCCn6cncn6)c6ccccc6)cc6[nH]c7ccccc7c56)n4)c4c(cc3c12)[nH]c1ccccc14. The molecule has 0 fully saturated rings. The zero-order valence-electron chi connectivity index (χ0n) is 45.3. The Morgan fingerprint density at radius 1 is 0.530 bits per heavy atom. The highest BCUT2D eigenvalue weighted by atomic mass is 19.1. The molecule has 0 bridgehead atoms. The number of anilines is 2. The molecule has 9 aromatic carbocycles. The molecule has 4 N–H and O–H groups in total. The van der Waals surface area contributed by atoms with Gasteiger partial charge >= 0.3 is 0 Å². The Kier molecular flexibility index (Phi) is 12.5. The summed E-state index contributed by atoms with van der Waals surface area (Å²) in [7, 11) is 2.11. The van der Waals surface area contributed by atoms with E-state index >= 15 is 0 Å². The highest BCUT2D eigenvalue weighted by molar-refractivity contribution is 6.22. The van der Waals surface area contributed by atoms with Crippen molar-refractivity contribution < 1.29 is 18.6 Å². The van der Waals surface area contributed by atoms with Crippen molar-refractivity contribution >= 4 is 98.6 Å². The number of halogens is 1. The Morgan fingerprint density at radius 2 is 1.28 bits per heavy atom. The number of hydrogen-bond donors (Lipinski definition) is 4. The summed E-state index contributed by atoms with van der Waals surface area (Å²) in [4.78, 5) is 28.5. The lowest BCUT2D eigenvalue weighted by Crippen LogP contribution is -2.24. The predicted octanol–water partition coefficient (Wildman–Crippen LogP) is 14.8. The molecule has 0 aliphatic carbocycles. The molecular formula is C67H55FN12O3. The predicted molar refractivity (Wildman–Crippen MR) is 328 cm³/mol. The van der Waals surface area contributed by atoms with Crippen molar-refractivity contribution in [2.45, 2.75) is 26.1 Å². The molecule has 83 heavy (non-hydrogen) atoms. The van der Waals surface area contributed by atoms with Crippen LogP contribution in [-0.2, 0) is 19.6 Å². The zero-order chi connectivity index (χ0) is 55.4. The lowest BCUT2D eigenvalue weighted by Gasteiger charge is -2.26. The van der Waals surface area contributed by atoms with Gasteiger partial charge in [-0.3, -0.25) is 9.58 Å². The van der Waals surface area contributed by atoms with Crippen LogP contribution in [0.5, 0.6) is 23.0 Å². The summed E-state index contributed by atoms with van der Waals surface area (Å²) in [6, 6.07) is 58.6. The molecular weight excluding hydrogens is 1040 g/mol. The van der Waals surface area contributed by atoms with Gasteiger partial charge in [-0.25, -0.2) is 19.0 Å². The summed E-state index contributed by atoms with van der Waals surface area (Å²) in [5, 5.41) is 17.6. The fourth-order valence-electron chi connectivity index (χ4n) is 12.0. The molecule has 0 amide bonds. The van der Waals surface area contributed by atoms with Crippen LogP contribution in [0.15, 0.2) is 195 Å². The zero-order valence-corrected chi connectivity index (χ0v) is 45.3. The summed E-state index contributed by atoms with van der Waals surface area (Å²) >= 11 is 0. The molecule has 0 aliphatic heterocycles. The average Bonchev–Trinajstić information content (AvgIpc) is 4.18. The Balaban J connectivity index is 0.711. The van der Waals surface area contributed by atoms with E-state index in [9.17, 15) is 4.39 Å². The second-order valence-electron chi connectivity index (χ2n) is 21.1. The van der Waals surface area contributed by atoms with Crippen LogP contribution in [0.25, 0.3) is 98.6 Å². The third-order valence-corrected chi connectivity index (χ3v) is 15.7. The summed E-state index contributed by atoms with van der Waals surface area (Å²) < 4.78 is 38.2. The third kappa shape index (κ3) is 9.34. The Bertz CT molecular complexity index is 4850. The van der Waals surface area contributed by atoms with Crippen LogP contribution in [0.4, 0.5) is 15.8 Å². The largest absolute Gasteiger partial charge is 0.490 e. The summed E-state index contributed by atoms with van der Waals surface area (Å²) in [6.07, 6.45) is 5.99. The molecule has 408 valence electrons. The maximum absolute atomic E-state index is 14.6. The molecule has 0 aliphatic rings. The van der Waals surface area contributed by atoms with E-state index in [1.165, 1.54) is 6.07 Å². The van der Waals surface area contributed by atoms with Crippen LogP contribution in [0.3, 0.4) is 0 Å². The van der Waals surface area contributed by atoms with Crippen molar-refractivity contribution in [1.82, 2.24) is 54.4 Å². The molecule has 16 heteroatoms. The smallest absolute Gasteiger partial charge is 0.181 e. The van der Waals surface area contributed by atoms with Gasteiger partial charge in [-0.1, -0.05) is 84.9 Å². The van der Waals surface area contributed by atoms with Crippen LogP contribution in [0, 0.1) is 5.82 Å². The normalized spacial score (nSPS) is 12.0. The molecule has 15 rings (SSSR count). The molecule has 15 nitrogen and oxygen atoms in total. The number of H-pyrrole nitrogens is 4. The summed E-state index contributed by atoms with van der Waals surface area (Å²) in [5.74, 6) is 3.04. The first-order valence-electron chi connectivity index (χ1n) is 27.9. The molecule has 6 heterocycles. The highest BCUT2D eigenvalue weighted by Crippen LogP contribution is 2.44. The van der Waals surface area contributed by atoms with Crippen LogP contribution in [0.2, 0.25) is 0 Å². The molecule has 0 saturated heterocycles. The van der Waals surface area contributed by atoms with Crippen molar-refractivity contribution in [3.05, 3.63) is 206 Å². The first-order chi connectivity index (χ1) is 40.9. The number of ether oxygens (including phenoxy) is 3. The minimum absolute atomic E-state index is 0.306. The maximum Gasteiger partial charge on any atom is 0.181 e. The van der Waals surface area contributed by atoms with Gasteiger partial charge in [-0.15, -0.1) is 0 Å². The third-order valence-electron chi connectivity index (χ3n) is 15.7. The van der Waals surface area contributed by atoms with Crippen LogP contribution >= 0.6 is 0 Å². The monoisotopic (exact) mass is 1090 g/mol. The molecule has 0 saturated carbocycles. The van der Waals surface area contributed by atoms with E-state index in [1.807, 2.05) is 57.9 Å². The molecule has 15 aromatic rings. The van der Waals surface area contributed by atoms with Gasteiger partial charge in [0.25, 0.3) is 0 Å². The molecule has 0 radical (unpaired) electrons. The Labute approximate surface area is 474 Å². The molecule has 6 aromatic heterocycles. The molecule has 0 atom stereocenters. The number of rotatable bonds is 19. The number of nitrogens with zero attached hydrogens (tertiary/aromatic N) is 8. The number of hydrogen-bond acceptors (Lipinski definition) is 9. The Morgan fingerprint density at radius 3 is 2.10 bits per heavy atom. The minimum Gasteiger partial charge on any atom is -0.490 e. The van der Waals surface area contributed by atoms with E-state index in [0.717, 1.165) is 135 Å². The number of para-hydroxylation sites is 4. The number of fused-ring (bicyclic) bond motifs is 12.